The van der Waals surface area contributed by atoms with E-state index in [2.05, 4.69) is 65.6 Å². The monoisotopic (exact) mass is 521 g/mol. The van der Waals surface area contributed by atoms with Gasteiger partial charge in [-0.3, -0.25) is 9.88 Å². The van der Waals surface area contributed by atoms with E-state index in [1.165, 1.54) is 30.6 Å². The molecule has 1 saturated heterocycles. The molecule has 6 heteroatoms. The summed E-state index contributed by atoms with van der Waals surface area (Å²) in [5.74, 6) is 2.42. The first-order valence-corrected chi connectivity index (χ1v) is 10.8. The highest BCUT2D eigenvalue weighted by molar-refractivity contribution is 14.0. The van der Waals surface area contributed by atoms with E-state index < -0.39 is 0 Å². The molecule has 1 fully saturated rings. The first-order valence-electron chi connectivity index (χ1n) is 10.8. The molecule has 1 aromatic heterocycles. The maximum Gasteiger partial charge on any atom is 0.191 e. The fourth-order valence-corrected chi connectivity index (χ4v) is 4.12. The SMILES string of the molecule is CCNC(=NCc1ccc(CN2CC(C)CC(C)C2)cc1)NCc1ccccn1.I. The molecule has 2 N–H and O–H groups in total. The van der Waals surface area contributed by atoms with Gasteiger partial charge in [0.15, 0.2) is 5.96 Å². The molecule has 30 heavy (non-hydrogen) atoms. The Morgan fingerprint density at radius 2 is 1.73 bits per heavy atom. The zero-order valence-corrected chi connectivity index (χ0v) is 20.8. The number of guanidine groups is 1. The molecule has 0 bridgehead atoms. The van der Waals surface area contributed by atoms with Crippen LogP contribution in [0.2, 0.25) is 0 Å². The van der Waals surface area contributed by atoms with Crippen LogP contribution in [0.3, 0.4) is 0 Å². The molecular formula is C24H36IN5. The van der Waals surface area contributed by atoms with E-state index in [9.17, 15) is 0 Å². The maximum absolute atomic E-state index is 4.72. The van der Waals surface area contributed by atoms with Crippen LogP contribution in [0.15, 0.2) is 53.7 Å². The third kappa shape index (κ3) is 8.22. The van der Waals surface area contributed by atoms with E-state index in [1.807, 2.05) is 24.4 Å². The van der Waals surface area contributed by atoms with E-state index in [0.717, 1.165) is 36.6 Å². The van der Waals surface area contributed by atoms with Crippen molar-refractivity contribution < 1.29 is 0 Å². The summed E-state index contributed by atoms with van der Waals surface area (Å²) in [6.07, 6.45) is 3.17. The Labute approximate surface area is 198 Å². The fraction of sp³-hybridized carbons (Fsp3) is 0.500. The van der Waals surface area contributed by atoms with Gasteiger partial charge in [0.25, 0.3) is 0 Å². The average Bonchev–Trinajstić information content (AvgIpc) is 2.71. The summed E-state index contributed by atoms with van der Waals surface area (Å²) in [6.45, 7) is 12.4. The molecule has 164 valence electrons. The largest absolute Gasteiger partial charge is 0.357 e. The predicted octanol–water partition coefficient (Wildman–Crippen LogP) is 4.43. The zero-order valence-electron chi connectivity index (χ0n) is 18.5. The van der Waals surface area contributed by atoms with Gasteiger partial charge in [0.1, 0.15) is 0 Å². The lowest BCUT2D eigenvalue weighted by atomic mass is 9.91. The smallest absolute Gasteiger partial charge is 0.191 e. The van der Waals surface area contributed by atoms with Gasteiger partial charge in [0.05, 0.1) is 18.8 Å². The predicted molar refractivity (Wildman–Crippen MR) is 136 cm³/mol. The van der Waals surface area contributed by atoms with Crippen LogP contribution in [0.5, 0.6) is 0 Å². The summed E-state index contributed by atoms with van der Waals surface area (Å²) < 4.78 is 0. The molecule has 0 saturated carbocycles. The first kappa shape index (κ1) is 24.6. The number of benzene rings is 1. The molecule has 1 aliphatic rings. The van der Waals surface area contributed by atoms with Crippen LogP contribution in [0.25, 0.3) is 0 Å². The molecule has 2 unspecified atom stereocenters. The highest BCUT2D eigenvalue weighted by atomic mass is 127. The second kappa shape index (κ2) is 12.9. The van der Waals surface area contributed by atoms with Crippen LogP contribution in [-0.4, -0.2) is 35.5 Å². The van der Waals surface area contributed by atoms with Gasteiger partial charge < -0.3 is 10.6 Å². The van der Waals surface area contributed by atoms with Gasteiger partial charge in [-0.2, -0.15) is 0 Å². The summed E-state index contributed by atoms with van der Waals surface area (Å²) in [5, 5.41) is 6.65. The minimum absolute atomic E-state index is 0. The third-order valence-electron chi connectivity index (χ3n) is 5.30. The van der Waals surface area contributed by atoms with Gasteiger partial charge in [-0.1, -0.05) is 44.2 Å². The van der Waals surface area contributed by atoms with Crippen LogP contribution < -0.4 is 10.6 Å². The first-order chi connectivity index (χ1) is 14.1. The number of hydrogen-bond acceptors (Lipinski definition) is 3. The van der Waals surface area contributed by atoms with Gasteiger partial charge in [0, 0.05) is 32.4 Å². The number of pyridine rings is 1. The number of aliphatic imine (C=N–C) groups is 1. The summed E-state index contributed by atoms with van der Waals surface area (Å²) in [5.41, 5.74) is 3.62. The van der Waals surface area contributed by atoms with Crippen molar-refractivity contribution in [3.05, 3.63) is 65.5 Å². The Bertz CT molecular complexity index is 753. The second-order valence-corrected chi connectivity index (χ2v) is 8.33. The van der Waals surface area contributed by atoms with Crippen molar-refractivity contribution >= 4 is 29.9 Å². The lowest BCUT2D eigenvalue weighted by molar-refractivity contribution is 0.134. The normalized spacial score (nSPS) is 19.8. The van der Waals surface area contributed by atoms with Crippen molar-refractivity contribution in [3.8, 4) is 0 Å². The summed E-state index contributed by atoms with van der Waals surface area (Å²) in [4.78, 5) is 11.7. The number of piperidine rings is 1. The molecule has 1 aliphatic heterocycles. The lowest BCUT2D eigenvalue weighted by Gasteiger charge is -2.35. The quantitative estimate of drug-likeness (QED) is 0.322. The molecule has 3 rings (SSSR count). The zero-order chi connectivity index (χ0) is 20.5. The van der Waals surface area contributed by atoms with Crippen LogP contribution in [0.4, 0.5) is 0 Å². The lowest BCUT2D eigenvalue weighted by Crippen LogP contribution is -2.38. The standard InChI is InChI=1S/C24H35N5.HI/c1-4-25-24(28-15-23-7-5-6-12-26-23)27-14-21-8-10-22(11-9-21)18-29-16-19(2)13-20(3)17-29;/h5-12,19-20H,4,13-18H2,1-3H3,(H2,25,27,28);1H. The molecular weight excluding hydrogens is 485 g/mol. The maximum atomic E-state index is 4.72. The Morgan fingerprint density at radius 3 is 2.37 bits per heavy atom. The average molecular weight is 521 g/mol. The van der Waals surface area contributed by atoms with Crippen LogP contribution >= 0.6 is 24.0 Å². The number of nitrogens with zero attached hydrogens (tertiary/aromatic N) is 3. The number of halogens is 1. The van der Waals surface area contributed by atoms with Crippen molar-refractivity contribution in [1.82, 2.24) is 20.5 Å². The number of rotatable bonds is 7. The molecule has 5 nitrogen and oxygen atoms in total. The highest BCUT2D eigenvalue weighted by Crippen LogP contribution is 2.22. The molecule has 0 amide bonds. The van der Waals surface area contributed by atoms with Crippen LogP contribution in [-0.2, 0) is 19.6 Å². The molecule has 2 aromatic rings. The molecule has 0 spiro atoms. The highest BCUT2D eigenvalue weighted by Gasteiger charge is 2.21. The minimum atomic E-state index is 0. The Morgan fingerprint density at radius 1 is 1.03 bits per heavy atom. The number of likely N-dealkylation sites (tertiary alicyclic amines) is 1. The van der Waals surface area contributed by atoms with Gasteiger partial charge in [-0.05, 0) is 48.4 Å². The van der Waals surface area contributed by atoms with Gasteiger partial charge in [-0.25, -0.2) is 4.99 Å². The molecule has 0 radical (unpaired) electrons. The van der Waals surface area contributed by atoms with E-state index in [0.29, 0.717) is 13.1 Å². The van der Waals surface area contributed by atoms with E-state index >= 15 is 0 Å². The van der Waals surface area contributed by atoms with Gasteiger partial charge >= 0.3 is 0 Å². The summed E-state index contributed by atoms with van der Waals surface area (Å²) in [6, 6.07) is 14.9. The van der Waals surface area contributed by atoms with E-state index in [1.54, 1.807) is 0 Å². The molecule has 0 aliphatic carbocycles. The summed E-state index contributed by atoms with van der Waals surface area (Å²) in [7, 11) is 0. The van der Waals surface area contributed by atoms with E-state index in [4.69, 9.17) is 4.99 Å². The minimum Gasteiger partial charge on any atom is -0.357 e. The molecule has 2 heterocycles. The van der Waals surface area contributed by atoms with Crippen molar-refractivity contribution in [1.29, 1.82) is 0 Å². The Hall–Kier alpha value is -1.67. The third-order valence-corrected chi connectivity index (χ3v) is 5.30. The Kier molecular flexibility index (Phi) is 10.6. The van der Waals surface area contributed by atoms with Gasteiger partial charge in [0.2, 0.25) is 0 Å². The fourth-order valence-electron chi connectivity index (χ4n) is 4.12. The van der Waals surface area contributed by atoms with Crippen LogP contribution in [0, 0.1) is 11.8 Å². The van der Waals surface area contributed by atoms with Crippen LogP contribution in [0.1, 0.15) is 44.0 Å². The van der Waals surface area contributed by atoms with Crippen molar-refractivity contribution in [2.75, 3.05) is 19.6 Å². The summed E-state index contributed by atoms with van der Waals surface area (Å²) >= 11 is 0. The molecule has 1 aromatic carbocycles. The Balaban J connectivity index is 0.00000320. The van der Waals surface area contributed by atoms with Crippen molar-refractivity contribution in [2.45, 2.75) is 46.8 Å². The number of aromatic nitrogens is 1. The topological polar surface area (TPSA) is 52.6 Å². The van der Waals surface area contributed by atoms with E-state index in [-0.39, 0.29) is 24.0 Å². The van der Waals surface area contributed by atoms with Crippen molar-refractivity contribution in [3.63, 3.8) is 0 Å². The van der Waals surface area contributed by atoms with Crippen molar-refractivity contribution in [2.24, 2.45) is 16.8 Å². The van der Waals surface area contributed by atoms with Gasteiger partial charge in [-0.15, -0.1) is 24.0 Å². The number of nitrogens with one attached hydrogen (secondary N) is 2. The number of hydrogen-bond donors (Lipinski definition) is 2. The molecule has 2 atom stereocenters. The second-order valence-electron chi connectivity index (χ2n) is 8.33.